The van der Waals surface area contributed by atoms with Crippen LogP contribution in [0.2, 0.25) is 0 Å². The molecule has 0 saturated carbocycles. The Hall–Kier alpha value is -2.53. The third kappa shape index (κ3) is 4.76. The standard InChI is InChI=1S/C21H27NO4/c1-13-9-14(2)16(4)20(15(13)3)21(24)22-11-17(23)12-26-19-8-6-7-18(10-19)25-5/h6-10,17,23H,11-12H2,1-5H3,(H,22,24). The number of hydrogen-bond donors (Lipinski definition) is 2. The lowest BCUT2D eigenvalue weighted by atomic mass is 9.94. The van der Waals surface area contributed by atoms with E-state index in [0.717, 1.165) is 22.3 Å². The molecule has 0 aliphatic rings. The van der Waals surface area contributed by atoms with Crippen LogP contribution in [0.25, 0.3) is 0 Å². The highest BCUT2D eigenvalue weighted by Gasteiger charge is 2.17. The van der Waals surface area contributed by atoms with Crippen LogP contribution in [0, 0.1) is 27.7 Å². The normalized spacial score (nSPS) is 11.8. The number of aliphatic hydroxyl groups excluding tert-OH is 1. The Morgan fingerprint density at radius 2 is 1.69 bits per heavy atom. The van der Waals surface area contributed by atoms with Crippen LogP contribution >= 0.6 is 0 Å². The van der Waals surface area contributed by atoms with Gasteiger partial charge in [0.25, 0.3) is 5.91 Å². The number of ether oxygens (including phenoxy) is 2. The zero-order valence-electron chi connectivity index (χ0n) is 16.1. The summed E-state index contributed by atoms with van der Waals surface area (Å²) < 4.78 is 10.7. The Balaban J connectivity index is 1.93. The lowest BCUT2D eigenvalue weighted by molar-refractivity contribution is 0.0842. The summed E-state index contributed by atoms with van der Waals surface area (Å²) in [7, 11) is 1.58. The van der Waals surface area contributed by atoms with Gasteiger partial charge in [-0.1, -0.05) is 12.1 Å². The molecule has 0 radical (unpaired) electrons. The Morgan fingerprint density at radius 1 is 1.08 bits per heavy atom. The second-order valence-electron chi connectivity index (χ2n) is 6.49. The lowest BCUT2D eigenvalue weighted by Crippen LogP contribution is -2.36. The number of hydrogen-bond acceptors (Lipinski definition) is 4. The number of nitrogens with one attached hydrogen (secondary N) is 1. The molecule has 2 N–H and O–H groups in total. The Morgan fingerprint density at radius 3 is 2.31 bits per heavy atom. The highest BCUT2D eigenvalue weighted by atomic mass is 16.5. The van der Waals surface area contributed by atoms with Crippen molar-refractivity contribution in [3.8, 4) is 11.5 Å². The fraction of sp³-hybridized carbons (Fsp3) is 0.381. The number of carbonyl (C=O) groups excluding carboxylic acids is 1. The van der Waals surface area contributed by atoms with Crippen molar-refractivity contribution in [1.82, 2.24) is 5.32 Å². The van der Waals surface area contributed by atoms with Crippen LogP contribution < -0.4 is 14.8 Å². The van der Waals surface area contributed by atoms with Crippen LogP contribution in [0.5, 0.6) is 11.5 Å². The quantitative estimate of drug-likeness (QED) is 0.799. The Kier molecular flexibility index (Phi) is 6.64. The molecule has 0 spiro atoms. The number of methoxy groups -OCH3 is 1. The summed E-state index contributed by atoms with van der Waals surface area (Å²) in [6, 6.07) is 9.24. The van der Waals surface area contributed by atoms with Gasteiger partial charge in [0.15, 0.2) is 0 Å². The van der Waals surface area contributed by atoms with Gasteiger partial charge in [-0.15, -0.1) is 0 Å². The third-order valence-electron chi connectivity index (χ3n) is 4.57. The molecular formula is C21H27NO4. The van der Waals surface area contributed by atoms with E-state index < -0.39 is 6.10 Å². The van der Waals surface area contributed by atoms with E-state index in [1.165, 1.54) is 0 Å². The zero-order chi connectivity index (χ0) is 19.3. The van der Waals surface area contributed by atoms with E-state index in [1.54, 1.807) is 19.2 Å². The van der Waals surface area contributed by atoms with Crippen LogP contribution in [0.15, 0.2) is 30.3 Å². The topological polar surface area (TPSA) is 67.8 Å². The molecule has 0 fully saturated rings. The maximum absolute atomic E-state index is 12.6. The van der Waals surface area contributed by atoms with Crippen LogP contribution in [0.3, 0.4) is 0 Å². The fourth-order valence-corrected chi connectivity index (χ4v) is 2.80. The average molecular weight is 357 g/mol. The van der Waals surface area contributed by atoms with Gasteiger partial charge in [0.1, 0.15) is 24.2 Å². The van der Waals surface area contributed by atoms with Gasteiger partial charge in [-0.2, -0.15) is 0 Å². The first-order valence-corrected chi connectivity index (χ1v) is 8.64. The smallest absolute Gasteiger partial charge is 0.251 e. The molecule has 0 aliphatic heterocycles. The molecule has 0 saturated heterocycles. The van der Waals surface area contributed by atoms with Gasteiger partial charge >= 0.3 is 0 Å². The molecule has 0 heterocycles. The summed E-state index contributed by atoms with van der Waals surface area (Å²) in [5.74, 6) is 1.12. The molecule has 5 heteroatoms. The lowest BCUT2D eigenvalue weighted by Gasteiger charge is -2.17. The van der Waals surface area contributed by atoms with E-state index in [4.69, 9.17) is 9.47 Å². The zero-order valence-corrected chi connectivity index (χ0v) is 16.1. The second-order valence-corrected chi connectivity index (χ2v) is 6.49. The minimum absolute atomic E-state index is 0.0816. The number of aryl methyl sites for hydroxylation is 2. The largest absolute Gasteiger partial charge is 0.497 e. The van der Waals surface area contributed by atoms with E-state index in [9.17, 15) is 9.90 Å². The van der Waals surface area contributed by atoms with Crippen molar-refractivity contribution >= 4 is 5.91 Å². The second kappa shape index (κ2) is 8.72. The molecule has 0 aliphatic carbocycles. The fourth-order valence-electron chi connectivity index (χ4n) is 2.80. The van der Waals surface area contributed by atoms with Crippen molar-refractivity contribution < 1.29 is 19.4 Å². The average Bonchev–Trinajstić information content (AvgIpc) is 2.63. The predicted octanol–water partition coefficient (Wildman–Crippen LogP) is 3.10. The monoisotopic (exact) mass is 357 g/mol. The summed E-state index contributed by atoms with van der Waals surface area (Å²) in [6.07, 6.45) is -0.809. The number of benzene rings is 2. The Bertz CT molecular complexity index is 760. The molecule has 140 valence electrons. The third-order valence-corrected chi connectivity index (χ3v) is 4.57. The van der Waals surface area contributed by atoms with E-state index in [1.807, 2.05) is 39.8 Å². The van der Waals surface area contributed by atoms with Crippen molar-refractivity contribution in [3.05, 3.63) is 58.1 Å². The number of aliphatic hydroxyl groups is 1. The maximum atomic E-state index is 12.6. The van der Waals surface area contributed by atoms with Crippen molar-refractivity contribution in [2.45, 2.75) is 33.8 Å². The van der Waals surface area contributed by atoms with Gasteiger partial charge < -0.3 is 19.9 Å². The van der Waals surface area contributed by atoms with Crippen LogP contribution in [-0.2, 0) is 0 Å². The summed E-state index contributed by atoms with van der Waals surface area (Å²) in [4.78, 5) is 12.6. The van der Waals surface area contributed by atoms with E-state index in [-0.39, 0.29) is 19.1 Å². The molecule has 1 amide bonds. The minimum Gasteiger partial charge on any atom is -0.497 e. The highest BCUT2D eigenvalue weighted by Crippen LogP contribution is 2.21. The number of rotatable bonds is 7. The van der Waals surface area contributed by atoms with Gasteiger partial charge in [0.2, 0.25) is 0 Å². The SMILES string of the molecule is COc1cccc(OCC(O)CNC(=O)c2c(C)c(C)cc(C)c2C)c1. The van der Waals surface area contributed by atoms with Crippen molar-refractivity contribution in [3.63, 3.8) is 0 Å². The highest BCUT2D eigenvalue weighted by molar-refractivity contribution is 5.97. The molecule has 5 nitrogen and oxygen atoms in total. The first-order valence-electron chi connectivity index (χ1n) is 8.64. The summed E-state index contributed by atoms with van der Waals surface area (Å²) >= 11 is 0. The van der Waals surface area contributed by atoms with Crippen LogP contribution in [0.1, 0.15) is 32.6 Å². The van der Waals surface area contributed by atoms with Gasteiger partial charge in [-0.05, 0) is 62.1 Å². The minimum atomic E-state index is -0.809. The molecule has 26 heavy (non-hydrogen) atoms. The molecule has 2 aromatic rings. The van der Waals surface area contributed by atoms with Gasteiger partial charge in [0.05, 0.1) is 7.11 Å². The molecule has 0 bridgehead atoms. The molecule has 2 rings (SSSR count). The van der Waals surface area contributed by atoms with Crippen molar-refractivity contribution in [2.24, 2.45) is 0 Å². The van der Waals surface area contributed by atoms with Gasteiger partial charge in [-0.3, -0.25) is 4.79 Å². The van der Waals surface area contributed by atoms with Crippen LogP contribution in [-0.4, -0.2) is 37.4 Å². The summed E-state index contributed by atoms with van der Waals surface area (Å²) in [5, 5.41) is 12.9. The summed E-state index contributed by atoms with van der Waals surface area (Å²) in [6.45, 7) is 8.08. The predicted molar refractivity (Wildman–Crippen MR) is 102 cm³/mol. The van der Waals surface area contributed by atoms with Crippen molar-refractivity contribution in [2.75, 3.05) is 20.3 Å². The van der Waals surface area contributed by atoms with Crippen LogP contribution in [0.4, 0.5) is 0 Å². The molecule has 0 aromatic heterocycles. The van der Waals surface area contributed by atoms with Gasteiger partial charge in [0, 0.05) is 18.2 Å². The first kappa shape index (κ1) is 19.8. The molecule has 1 unspecified atom stereocenters. The maximum Gasteiger partial charge on any atom is 0.251 e. The van der Waals surface area contributed by atoms with E-state index in [0.29, 0.717) is 17.1 Å². The molecular weight excluding hydrogens is 330 g/mol. The number of amides is 1. The van der Waals surface area contributed by atoms with E-state index >= 15 is 0 Å². The Labute approximate surface area is 155 Å². The van der Waals surface area contributed by atoms with E-state index in [2.05, 4.69) is 11.4 Å². The number of carbonyl (C=O) groups is 1. The van der Waals surface area contributed by atoms with Gasteiger partial charge in [-0.25, -0.2) is 0 Å². The molecule has 2 aromatic carbocycles. The summed E-state index contributed by atoms with van der Waals surface area (Å²) in [5.41, 5.74) is 4.78. The first-order chi connectivity index (χ1) is 12.3. The molecule has 1 atom stereocenters. The van der Waals surface area contributed by atoms with Crippen molar-refractivity contribution in [1.29, 1.82) is 0 Å².